The number of carboxylic acid groups (broad SMARTS) is 1. The van der Waals surface area contributed by atoms with Gasteiger partial charge in [-0.3, -0.25) is 4.79 Å². The Hall–Kier alpha value is -2.08. The van der Waals surface area contributed by atoms with E-state index in [1.54, 1.807) is 0 Å². The molecule has 2 N–H and O–H groups in total. The van der Waals surface area contributed by atoms with Crippen LogP contribution in [0, 0.1) is 17.8 Å². The van der Waals surface area contributed by atoms with Gasteiger partial charge in [0.1, 0.15) is 11.9 Å². The van der Waals surface area contributed by atoms with E-state index in [0.717, 1.165) is 56.9 Å². The maximum Gasteiger partial charge on any atom is 0.341 e. The maximum absolute atomic E-state index is 12.0. The molecule has 0 saturated heterocycles. The van der Waals surface area contributed by atoms with Crippen LogP contribution in [0.3, 0.4) is 0 Å². The van der Waals surface area contributed by atoms with Gasteiger partial charge >= 0.3 is 11.9 Å². The quantitative estimate of drug-likeness (QED) is 0.510. The minimum atomic E-state index is -0.983. The lowest BCUT2D eigenvalue weighted by molar-refractivity contribution is -0.150. The second kappa shape index (κ2) is 11.0. The third kappa shape index (κ3) is 6.00. The zero-order chi connectivity index (χ0) is 22.4. The SMILES string of the molecule is CCCCC(=O)O[C@@H](CC)CC[C@@H]1[C@H]2Cc3cccc(OCC(=O)O)c3C[C@H]2C[C@H]1O. The van der Waals surface area contributed by atoms with Crippen LogP contribution in [0.25, 0.3) is 0 Å². The first-order chi connectivity index (χ1) is 14.9. The highest BCUT2D eigenvalue weighted by atomic mass is 16.5. The second-order valence-corrected chi connectivity index (χ2v) is 9.08. The second-order valence-electron chi connectivity index (χ2n) is 9.08. The van der Waals surface area contributed by atoms with Gasteiger partial charge in [-0.05, 0) is 79.9 Å². The van der Waals surface area contributed by atoms with E-state index < -0.39 is 5.97 Å². The lowest BCUT2D eigenvalue weighted by Gasteiger charge is -2.32. The van der Waals surface area contributed by atoms with Gasteiger partial charge in [-0.15, -0.1) is 0 Å². The zero-order valence-corrected chi connectivity index (χ0v) is 18.7. The highest BCUT2D eigenvalue weighted by Gasteiger charge is 2.45. The minimum Gasteiger partial charge on any atom is -0.482 e. The standard InChI is InChI=1S/C25H36O6/c1-3-5-9-25(29)31-18(4-2)10-11-19-20-12-16-7-6-8-23(30-15-24(27)28)21(16)13-17(20)14-22(19)26/h6-8,17-20,22,26H,3-5,9-15H2,1-2H3,(H,27,28)/t17-,18-,19+,20-,22+/m0/s1. The Bertz CT molecular complexity index is 760. The van der Waals surface area contributed by atoms with Gasteiger partial charge in [-0.1, -0.05) is 32.4 Å². The molecule has 1 saturated carbocycles. The fourth-order valence-corrected chi connectivity index (χ4v) is 5.37. The molecule has 0 spiro atoms. The van der Waals surface area contributed by atoms with E-state index in [2.05, 4.69) is 13.0 Å². The highest BCUT2D eigenvalue weighted by molar-refractivity contribution is 5.69. The van der Waals surface area contributed by atoms with E-state index in [1.807, 2.05) is 19.1 Å². The Morgan fingerprint density at radius 3 is 2.74 bits per heavy atom. The van der Waals surface area contributed by atoms with Crippen LogP contribution >= 0.6 is 0 Å². The molecule has 1 fully saturated rings. The van der Waals surface area contributed by atoms with E-state index in [4.69, 9.17) is 14.6 Å². The molecule has 31 heavy (non-hydrogen) atoms. The Kier molecular flexibility index (Phi) is 8.35. The van der Waals surface area contributed by atoms with E-state index in [1.165, 1.54) is 5.56 Å². The summed E-state index contributed by atoms with van der Waals surface area (Å²) in [5.74, 6) is 0.522. The Balaban J connectivity index is 1.62. The number of hydrogen-bond acceptors (Lipinski definition) is 5. The molecular formula is C25H36O6. The number of hydrogen-bond donors (Lipinski definition) is 2. The van der Waals surface area contributed by atoms with Gasteiger partial charge in [0.2, 0.25) is 0 Å². The first kappa shape index (κ1) is 23.6. The summed E-state index contributed by atoms with van der Waals surface area (Å²) in [6.45, 7) is 3.76. The number of fused-ring (bicyclic) bond motifs is 2. The van der Waals surface area contributed by atoms with E-state index in [-0.39, 0.29) is 30.7 Å². The van der Waals surface area contributed by atoms with Crippen molar-refractivity contribution in [2.45, 2.75) is 83.8 Å². The van der Waals surface area contributed by atoms with Crippen LogP contribution in [-0.2, 0) is 27.2 Å². The summed E-state index contributed by atoms with van der Waals surface area (Å²) in [6.07, 6.45) is 6.77. The minimum absolute atomic E-state index is 0.0810. The van der Waals surface area contributed by atoms with Crippen molar-refractivity contribution >= 4 is 11.9 Å². The molecule has 1 aromatic rings. The first-order valence-corrected chi connectivity index (χ1v) is 11.8. The number of unbranched alkanes of at least 4 members (excludes halogenated alkanes) is 1. The number of aliphatic hydroxyl groups excluding tert-OH is 1. The number of aliphatic hydroxyl groups is 1. The Morgan fingerprint density at radius 2 is 2.03 bits per heavy atom. The summed E-state index contributed by atoms with van der Waals surface area (Å²) in [6, 6.07) is 5.84. The van der Waals surface area contributed by atoms with Crippen LogP contribution in [-0.4, -0.2) is 41.0 Å². The lowest BCUT2D eigenvalue weighted by atomic mass is 9.73. The molecule has 0 radical (unpaired) electrons. The summed E-state index contributed by atoms with van der Waals surface area (Å²) in [4.78, 5) is 22.9. The molecule has 0 aliphatic heterocycles. The number of carbonyl (C=O) groups is 2. The molecule has 6 heteroatoms. The van der Waals surface area contributed by atoms with Gasteiger partial charge in [0.05, 0.1) is 6.10 Å². The number of rotatable bonds is 11. The molecular weight excluding hydrogens is 396 g/mol. The van der Waals surface area contributed by atoms with Gasteiger partial charge in [-0.2, -0.15) is 0 Å². The van der Waals surface area contributed by atoms with Crippen LogP contribution in [0.15, 0.2) is 18.2 Å². The number of benzene rings is 1. The van der Waals surface area contributed by atoms with Crippen LogP contribution in [0.1, 0.15) is 69.9 Å². The first-order valence-electron chi connectivity index (χ1n) is 11.8. The molecule has 0 amide bonds. The molecule has 3 rings (SSSR count). The third-order valence-corrected chi connectivity index (χ3v) is 7.01. The van der Waals surface area contributed by atoms with Gasteiger partial charge < -0.3 is 19.7 Å². The maximum atomic E-state index is 12.0. The van der Waals surface area contributed by atoms with Crippen LogP contribution in [0.4, 0.5) is 0 Å². The van der Waals surface area contributed by atoms with Crippen molar-refractivity contribution in [3.05, 3.63) is 29.3 Å². The van der Waals surface area contributed by atoms with Crippen molar-refractivity contribution in [1.29, 1.82) is 0 Å². The summed E-state index contributed by atoms with van der Waals surface area (Å²) in [7, 11) is 0. The lowest BCUT2D eigenvalue weighted by Crippen LogP contribution is -2.28. The van der Waals surface area contributed by atoms with Crippen LogP contribution < -0.4 is 4.74 Å². The predicted molar refractivity (Wildman–Crippen MR) is 117 cm³/mol. The highest BCUT2D eigenvalue weighted by Crippen LogP contribution is 2.48. The van der Waals surface area contributed by atoms with E-state index in [9.17, 15) is 14.7 Å². The number of aliphatic carboxylic acids is 1. The Labute approximate surface area is 184 Å². The molecule has 2 aliphatic carbocycles. The monoisotopic (exact) mass is 432 g/mol. The molecule has 0 unspecified atom stereocenters. The summed E-state index contributed by atoms with van der Waals surface area (Å²) in [5.41, 5.74) is 2.29. The van der Waals surface area contributed by atoms with Crippen molar-refractivity contribution in [2.75, 3.05) is 6.61 Å². The number of carboxylic acids is 1. The molecule has 0 heterocycles. The third-order valence-electron chi connectivity index (χ3n) is 7.01. The van der Waals surface area contributed by atoms with Crippen molar-refractivity contribution in [2.24, 2.45) is 17.8 Å². The number of esters is 1. The summed E-state index contributed by atoms with van der Waals surface area (Å²) < 4.78 is 11.2. The van der Waals surface area contributed by atoms with E-state index in [0.29, 0.717) is 24.0 Å². The van der Waals surface area contributed by atoms with Gasteiger partial charge in [0.25, 0.3) is 0 Å². The number of ether oxygens (including phenoxy) is 2. The molecule has 6 nitrogen and oxygen atoms in total. The summed E-state index contributed by atoms with van der Waals surface area (Å²) in [5, 5.41) is 19.7. The average molecular weight is 433 g/mol. The van der Waals surface area contributed by atoms with Crippen LogP contribution in [0.2, 0.25) is 0 Å². The molecule has 172 valence electrons. The van der Waals surface area contributed by atoms with Gasteiger partial charge in [0.15, 0.2) is 6.61 Å². The van der Waals surface area contributed by atoms with Gasteiger partial charge in [-0.25, -0.2) is 4.79 Å². The molecule has 1 aromatic carbocycles. The molecule has 2 aliphatic rings. The van der Waals surface area contributed by atoms with Crippen molar-refractivity contribution in [3.8, 4) is 5.75 Å². The van der Waals surface area contributed by atoms with Gasteiger partial charge in [0, 0.05) is 6.42 Å². The predicted octanol–water partition coefficient (Wildman–Crippen LogP) is 4.15. The molecule has 5 atom stereocenters. The van der Waals surface area contributed by atoms with Crippen molar-refractivity contribution in [3.63, 3.8) is 0 Å². The number of carbonyl (C=O) groups excluding carboxylic acids is 1. The largest absolute Gasteiger partial charge is 0.482 e. The molecule has 0 aromatic heterocycles. The Morgan fingerprint density at radius 1 is 1.23 bits per heavy atom. The normalized spacial score (nSPS) is 25.4. The fourth-order valence-electron chi connectivity index (χ4n) is 5.37. The van der Waals surface area contributed by atoms with Crippen molar-refractivity contribution in [1.82, 2.24) is 0 Å². The zero-order valence-electron chi connectivity index (χ0n) is 18.7. The van der Waals surface area contributed by atoms with Crippen LogP contribution in [0.5, 0.6) is 5.75 Å². The molecule has 0 bridgehead atoms. The topological polar surface area (TPSA) is 93.1 Å². The fraction of sp³-hybridized carbons (Fsp3) is 0.680. The van der Waals surface area contributed by atoms with E-state index >= 15 is 0 Å². The summed E-state index contributed by atoms with van der Waals surface area (Å²) >= 11 is 0. The average Bonchev–Trinajstić information content (AvgIpc) is 3.05. The smallest absolute Gasteiger partial charge is 0.341 e. The van der Waals surface area contributed by atoms with Crippen molar-refractivity contribution < 1.29 is 29.3 Å².